The van der Waals surface area contributed by atoms with Gasteiger partial charge in [0.25, 0.3) is 10.0 Å². The fourth-order valence-electron chi connectivity index (χ4n) is 1.68. The first-order chi connectivity index (χ1) is 9.72. The van der Waals surface area contributed by atoms with E-state index < -0.39 is 16.0 Å². The molecular formula is C11H9BrClN3O4S. The molecule has 1 aromatic heterocycles. The standard InChI is InChI=1S/C11H9BrClN3O4S/c1-16-10(8(13)5-14-16)21(19,20)15-9-3-2-6(12)4-7(9)11(17)18/h2-5,15H,1H3,(H,17,18). The normalized spacial score (nSPS) is 11.4. The summed E-state index contributed by atoms with van der Waals surface area (Å²) in [6, 6.07) is 4.16. The molecule has 0 aliphatic carbocycles. The van der Waals surface area contributed by atoms with E-state index in [1.54, 1.807) is 0 Å². The predicted octanol–water partition coefficient (Wildman–Crippen LogP) is 2.33. The molecule has 2 N–H and O–H groups in total. The summed E-state index contributed by atoms with van der Waals surface area (Å²) < 4.78 is 28.4. The lowest BCUT2D eigenvalue weighted by Gasteiger charge is -2.11. The van der Waals surface area contributed by atoms with Crippen LogP contribution in [0.5, 0.6) is 0 Å². The summed E-state index contributed by atoms with van der Waals surface area (Å²) in [5.74, 6) is -1.26. The average molecular weight is 395 g/mol. The zero-order chi connectivity index (χ0) is 15.8. The summed E-state index contributed by atoms with van der Waals surface area (Å²) >= 11 is 8.93. The Labute approximate surface area is 133 Å². The Bertz CT molecular complexity index is 799. The number of carbonyl (C=O) groups is 1. The number of carboxylic acids is 1. The second-order valence-electron chi connectivity index (χ2n) is 4.02. The van der Waals surface area contributed by atoms with Gasteiger partial charge in [0.05, 0.1) is 22.5 Å². The topological polar surface area (TPSA) is 101 Å². The highest BCUT2D eigenvalue weighted by Gasteiger charge is 2.24. The number of hydrogen-bond acceptors (Lipinski definition) is 4. The molecule has 0 radical (unpaired) electrons. The van der Waals surface area contributed by atoms with Gasteiger partial charge in [0.2, 0.25) is 0 Å². The third-order valence-corrected chi connectivity index (χ3v) is 4.92. The number of rotatable bonds is 4. The zero-order valence-electron chi connectivity index (χ0n) is 10.5. The molecule has 0 saturated heterocycles. The molecule has 0 spiro atoms. The number of benzene rings is 1. The van der Waals surface area contributed by atoms with Crippen LogP contribution in [0.3, 0.4) is 0 Å². The van der Waals surface area contributed by atoms with Crippen LogP contribution in [0.2, 0.25) is 5.02 Å². The molecule has 0 saturated carbocycles. The van der Waals surface area contributed by atoms with Gasteiger partial charge in [-0.25, -0.2) is 4.79 Å². The average Bonchev–Trinajstić information content (AvgIpc) is 2.71. The lowest BCUT2D eigenvalue weighted by molar-refractivity contribution is 0.0698. The molecule has 10 heteroatoms. The van der Waals surface area contributed by atoms with E-state index in [4.69, 9.17) is 16.7 Å². The number of sulfonamides is 1. The summed E-state index contributed by atoms with van der Waals surface area (Å²) in [7, 11) is -2.64. The molecule has 0 aliphatic heterocycles. The van der Waals surface area contributed by atoms with Crippen LogP contribution in [-0.4, -0.2) is 29.3 Å². The molecule has 0 amide bonds. The van der Waals surface area contributed by atoms with Crippen LogP contribution in [0.4, 0.5) is 5.69 Å². The van der Waals surface area contributed by atoms with Crippen LogP contribution < -0.4 is 4.72 Å². The van der Waals surface area contributed by atoms with Gasteiger partial charge in [-0.15, -0.1) is 0 Å². The largest absolute Gasteiger partial charge is 0.478 e. The summed E-state index contributed by atoms with van der Waals surface area (Å²) in [5.41, 5.74) is -0.255. The molecular weight excluding hydrogens is 386 g/mol. The van der Waals surface area contributed by atoms with Crippen LogP contribution in [0, 0.1) is 0 Å². The van der Waals surface area contributed by atoms with E-state index in [1.807, 2.05) is 0 Å². The molecule has 21 heavy (non-hydrogen) atoms. The molecule has 2 rings (SSSR count). The van der Waals surface area contributed by atoms with Crippen molar-refractivity contribution in [2.75, 3.05) is 4.72 Å². The lowest BCUT2D eigenvalue weighted by atomic mass is 10.2. The van der Waals surface area contributed by atoms with Crippen LogP contribution >= 0.6 is 27.5 Å². The van der Waals surface area contributed by atoms with Gasteiger partial charge in [-0.3, -0.25) is 9.40 Å². The number of carboxylic acid groups (broad SMARTS) is 1. The maximum atomic E-state index is 12.3. The highest BCUT2D eigenvalue weighted by atomic mass is 79.9. The minimum Gasteiger partial charge on any atom is -0.478 e. The molecule has 2 aromatic rings. The van der Waals surface area contributed by atoms with E-state index >= 15 is 0 Å². The fourth-order valence-corrected chi connectivity index (χ4v) is 3.78. The highest BCUT2D eigenvalue weighted by molar-refractivity contribution is 9.10. The Hall–Kier alpha value is -1.58. The Kier molecular flexibility index (Phi) is 4.26. The van der Waals surface area contributed by atoms with Crippen molar-refractivity contribution in [1.29, 1.82) is 0 Å². The number of hydrogen-bond donors (Lipinski definition) is 2. The molecule has 112 valence electrons. The minimum absolute atomic E-state index is 0.0565. The molecule has 1 heterocycles. The second-order valence-corrected chi connectivity index (χ2v) is 6.94. The predicted molar refractivity (Wildman–Crippen MR) is 80.1 cm³/mol. The number of halogens is 2. The third kappa shape index (κ3) is 3.20. The summed E-state index contributed by atoms with van der Waals surface area (Å²) in [6.45, 7) is 0. The monoisotopic (exact) mass is 393 g/mol. The number of nitrogens with one attached hydrogen (secondary N) is 1. The van der Waals surface area contributed by atoms with Crippen LogP contribution in [0.15, 0.2) is 33.9 Å². The number of aromatic nitrogens is 2. The second kappa shape index (κ2) is 5.66. The Balaban J connectivity index is 2.50. The number of anilines is 1. The highest BCUT2D eigenvalue weighted by Crippen LogP contribution is 2.26. The van der Waals surface area contributed by atoms with Gasteiger partial charge in [-0.2, -0.15) is 13.5 Å². The molecule has 7 nitrogen and oxygen atoms in total. The Morgan fingerprint density at radius 2 is 2.14 bits per heavy atom. The van der Waals surface area contributed by atoms with Crippen molar-refractivity contribution < 1.29 is 18.3 Å². The van der Waals surface area contributed by atoms with Gasteiger partial charge in [0.15, 0.2) is 5.03 Å². The number of aryl methyl sites for hydroxylation is 1. The number of nitrogens with zero attached hydrogens (tertiary/aromatic N) is 2. The van der Waals surface area contributed by atoms with Crippen molar-refractivity contribution in [3.63, 3.8) is 0 Å². The maximum Gasteiger partial charge on any atom is 0.337 e. The van der Waals surface area contributed by atoms with Crippen molar-refractivity contribution in [2.45, 2.75) is 5.03 Å². The molecule has 1 aromatic carbocycles. The fraction of sp³-hybridized carbons (Fsp3) is 0.0909. The van der Waals surface area contributed by atoms with Gasteiger partial charge in [-0.1, -0.05) is 27.5 Å². The molecule has 0 atom stereocenters. The van der Waals surface area contributed by atoms with Crippen molar-refractivity contribution in [1.82, 2.24) is 9.78 Å². The smallest absolute Gasteiger partial charge is 0.337 e. The van der Waals surface area contributed by atoms with E-state index in [2.05, 4.69) is 25.8 Å². The molecule has 0 aliphatic rings. The maximum absolute atomic E-state index is 12.3. The van der Waals surface area contributed by atoms with Crippen LogP contribution in [0.25, 0.3) is 0 Å². The Morgan fingerprint density at radius 3 is 2.67 bits per heavy atom. The first kappa shape index (κ1) is 15.8. The van der Waals surface area contributed by atoms with Crippen molar-refractivity contribution >= 4 is 49.2 Å². The van der Waals surface area contributed by atoms with E-state index in [-0.39, 0.29) is 21.3 Å². The third-order valence-electron chi connectivity index (χ3n) is 2.55. The molecule has 0 bridgehead atoms. The number of aromatic carboxylic acids is 1. The van der Waals surface area contributed by atoms with Gasteiger partial charge in [0.1, 0.15) is 0 Å². The Morgan fingerprint density at radius 1 is 1.48 bits per heavy atom. The minimum atomic E-state index is -4.06. The van der Waals surface area contributed by atoms with E-state index in [0.717, 1.165) is 4.68 Å². The van der Waals surface area contributed by atoms with Crippen LogP contribution in [-0.2, 0) is 17.1 Å². The summed E-state index contributed by atoms with van der Waals surface area (Å²) in [5, 5.41) is 12.6. The molecule has 0 unspecified atom stereocenters. The quantitative estimate of drug-likeness (QED) is 0.829. The van der Waals surface area contributed by atoms with Gasteiger partial charge < -0.3 is 5.11 Å². The SMILES string of the molecule is Cn1ncc(Cl)c1S(=O)(=O)Nc1ccc(Br)cc1C(=O)O. The first-order valence-corrected chi connectivity index (χ1v) is 8.11. The van der Waals surface area contributed by atoms with Crippen molar-refractivity contribution in [3.05, 3.63) is 39.5 Å². The van der Waals surface area contributed by atoms with Crippen LogP contribution in [0.1, 0.15) is 10.4 Å². The van der Waals surface area contributed by atoms with Crippen molar-refractivity contribution in [3.8, 4) is 0 Å². The van der Waals surface area contributed by atoms with Gasteiger partial charge >= 0.3 is 5.97 Å². The summed E-state index contributed by atoms with van der Waals surface area (Å²) in [4.78, 5) is 11.2. The lowest BCUT2D eigenvalue weighted by Crippen LogP contribution is -2.19. The van der Waals surface area contributed by atoms with E-state index in [1.165, 1.54) is 31.4 Å². The van der Waals surface area contributed by atoms with Gasteiger partial charge in [0, 0.05) is 11.5 Å². The van der Waals surface area contributed by atoms with Gasteiger partial charge in [-0.05, 0) is 18.2 Å². The molecule has 0 fully saturated rings. The zero-order valence-corrected chi connectivity index (χ0v) is 13.7. The first-order valence-electron chi connectivity index (χ1n) is 5.45. The summed E-state index contributed by atoms with van der Waals surface area (Å²) in [6.07, 6.45) is 1.19. The van der Waals surface area contributed by atoms with Crippen molar-refractivity contribution in [2.24, 2.45) is 7.05 Å². The van der Waals surface area contributed by atoms with E-state index in [9.17, 15) is 13.2 Å². The van der Waals surface area contributed by atoms with E-state index in [0.29, 0.717) is 4.47 Å².